The first-order valence-corrected chi connectivity index (χ1v) is 5.13. The van der Waals surface area contributed by atoms with E-state index < -0.39 is 0 Å². The van der Waals surface area contributed by atoms with Gasteiger partial charge in [0.25, 0.3) is 0 Å². The molecule has 15 heavy (non-hydrogen) atoms. The highest BCUT2D eigenvalue weighted by Gasteiger charge is 2.00. The van der Waals surface area contributed by atoms with Gasteiger partial charge in [0.1, 0.15) is 18.1 Å². The number of ketones is 1. The summed E-state index contributed by atoms with van der Waals surface area (Å²) < 4.78 is 10.6. The number of carbonyl (C=O) groups excluding carboxylic acids is 1. The molecule has 0 aliphatic heterocycles. The highest BCUT2D eigenvalue weighted by atomic mass is 16.5. The molecule has 0 radical (unpaired) electrons. The van der Waals surface area contributed by atoms with E-state index in [2.05, 4.69) is 0 Å². The highest BCUT2D eigenvalue weighted by Crippen LogP contribution is 2.17. The summed E-state index contributed by atoms with van der Waals surface area (Å²) in [5.41, 5.74) is 0. The van der Waals surface area contributed by atoms with Crippen molar-refractivity contribution in [3.8, 4) is 11.5 Å². The van der Waals surface area contributed by atoms with Gasteiger partial charge in [-0.3, -0.25) is 4.79 Å². The van der Waals surface area contributed by atoms with Gasteiger partial charge in [-0.05, 0) is 31.2 Å². The van der Waals surface area contributed by atoms with Crippen LogP contribution in [0.1, 0.15) is 20.3 Å². The van der Waals surface area contributed by atoms with E-state index in [4.69, 9.17) is 9.47 Å². The molecule has 3 heteroatoms. The fourth-order valence-electron chi connectivity index (χ4n) is 1.06. The molecule has 0 saturated carbocycles. The van der Waals surface area contributed by atoms with Crippen LogP contribution < -0.4 is 9.47 Å². The van der Waals surface area contributed by atoms with Crippen molar-refractivity contribution in [2.24, 2.45) is 0 Å². The fourth-order valence-corrected chi connectivity index (χ4v) is 1.06. The summed E-state index contributed by atoms with van der Waals surface area (Å²) in [6.07, 6.45) is 0.511. The molecule has 0 aromatic heterocycles. The van der Waals surface area contributed by atoms with Gasteiger partial charge in [-0.15, -0.1) is 0 Å². The van der Waals surface area contributed by atoms with Gasteiger partial charge in [-0.25, -0.2) is 0 Å². The Balaban J connectivity index is 2.45. The van der Waals surface area contributed by atoms with Crippen LogP contribution in [-0.2, 0) is 4.79 Å². The quantitative estimate of drug-likeness (QED) is 0.720. The Morgan fingerprint density at radius 1 is 1.07 bits per heavy atom. The predicted octanol–water partition coefficient (Wildman–Crippen LogP) is 2.44. The maximum Gasteiger partial charge on any atom is 0.169 e. The summed E-state index contributed by atoms with van der Waals surface area (Å²) in [7, 11) is 0. The van der Waals surface area contributed by atoms with Gasteiger partial charge in [0, 0.05) is 6.42 Å². The summed E-state index contributed by atoms with van der Waals surface area (Å²) >= 11 is 0. The van der Waals surface area contributed by atoms with E-state index in [1.54, 1.807) is 12.1 Å². The third kappa shape index (κ3) is 4.02. The van der Waals surface area contributed by atoms with Gasteiger partial charge in [-0.1, -0.05) is 6.92 Å². The van der Waals surface area contributed by atoms with Crippen molar-refractivity contribution < 1.29 is 14.3 Å². The molecule has 0 aliphatic carbocycles. The maximum absolute atomic E-state index is 11.0. The van der Waals surface area contributed by atoms with Crippen molar-refractivity contribution in [1.82, 2.24) is 0 Å². The van der Waals surface area contributed by atoms with E-state index in [1.807, 2.05) is 26.0 Å². The number of Topliss-reactive ketones (excluding diaryl/α,β-unsaturated/α-hetero) is 1. The summed E-state index contributed by atoms with van der Waals surface area (Å²) in [4.78, 5) is 11.0. The van der Waals surface area contributed by atoms with Gasteiger partial charge < -0.3 is 9.47 Å². The Morgan fingerprint density at radius 3 is 2.07 bits per heavy atom. The highest BCUT2D eigenvalue weighted by molar-refractivity contribution is 5.79. The van der Waals surface area contributed by atoms with Crippen LogP contribution in [0.4, 0.5) is 0 Å². The smallest absolute Gasteiger partial charge is 0.169 e. The average Bonchev–Trinajstić information content (AvgIpc) is 2.28. The topological polar surface area (TPSA) is 35.5 Å². The SMILES string of the molecule is CCOc1ccc(OCC(=O)CC)cc1. The largest absolute Gasteiger partial charge is 0.494 e. The zero-order valence-corrected chi connectivity index (χ0v) is 9.16. The number of rotatable bonds is 6. The van der Waals surface area contributed by atoms with Crippen molar-refractivity contribution in [2.45, 2.75) is 20.3 Å². The molecule has 0 amide bonds. The lowest BCUT2D eigenvalue weighted by Crippen LogP contribution is -2.09. The Kier molecular flexibility index (Phi) is 4.68. The van der Waals surface area contributed by atoms with Gasteiger partial charge in [0.15, 0.2) is 5.78 Å². The van der Waals surface area contributed by atoms with Crippen LogP contribution in [0.25, 0.3) is 0 Å². The van der Waals surface area contributed by atoms with E-state index >= 15 is 0 Å². The van der Waals surface area contributed by atoms with Crippen LogP contribution in [0, 0.1) is 0 Å². The van der Waals surface area contributed by atoms with Crippen LogP contribution in [0.5, 0.6) is 11.5 Å². The number of hydrogen-bond acceptors (Lipinski definition) is 3. The molecule has 0 bridgehead atoms. The fraction of sp³-hybridized carbons (Fsp3) is 0.417. The Hall–Kier alpha value is -1.51. The minimum atomic E-state index is 0.101. The van der Waals surface area contributed by atoms with Crippen LogP contribution in [0.2, 0.25) is 0 Å². The summed E-state index contributed by atoms with van der Waals surface area (Å²) in [6, 6.07) is 7.26. The van der Waals surface area contributed by atoms with Crippen molar-refractivity contribution in [2.75, 3.05) is 13.2 Å². The Bertz CT molecular complexity index is 303. The standard InChI is InChI=1S/C12H16O3/c1-3-10(13)9-15-12-7-5-11(6-8-12)14-4-2/h5-8H,3-4,9H2,1-2H3. The summed E-state index contributed by atoms with van der Waals surface area (Å²) in [5.74, 6) is 1.61. The number of hydrogen-bond donors (Lipinski definition) is 0. The Morgan fingerprint density at radius 2 is 1.60 bits per heavy atom. The molecule has 1 rings (SSSR count). The lowest BCUT2D eigenvalue weighted by Gasteiger charge is -2.06. The molecule has 0 aliphatic rings. The minimum Gasteiger partial charge on any atom is -0.494 e. The second-order valence-corrected chi connectivity index (χ2v) is 3.09. The van der Waals surface area contributed by atoms with Crippen LogP contribution in [-0.4, -0.2) is 19.0 Å². The number of benzene rings is 1. The van der Waals surface area contributed by atoms with Crippen molar-refractivity contribution in [3.63, 3.8) is 0 Å². The molecule has 0 spiro atoms. The van der Waals surface area contributed by atoms with Crippen LogP contribution in [0.3, 0.4) is 0 Å². The minimum absolute atomic E-state index is 0.101. The lowest BCUT2D eigenvalue weighted by atomic mass is 10.3. The van der Waals surface area contributed by atoms with E-state index in [0.29, 0.717) is 18.8 Å². The lowest BCUT2D eigenvalue weighted by molar-refractivity contribution is -0.120. The predicted molar refractivity (Wildman–Crippen MR) is 58.4 cm³/mol. The maximum atomic E-state index is 11.0. The second kappa shape index (κ2) is 6.06. The molecule has 0 saturated heterocycles. The summed E-state index contributed by atoms with van der Waals surface area (Å²) in [6.45, 7) is 4.55. The molecule has 3 nitrogen and oxygen atoms in total. The van der Waals surface area contributed by atoms with Crippen molar-refractivity contribution in [3.05, 3.63) is 24.3 Å². The van der Waals surface area contributed by atoms with Crippen molar-refractivity contribution in [1.29, 1.82) is 0 Å². The van der Waals surface area contributed by atoms with Gasteiger partial charge in [0.05, 0.1) is 6.61 Å². The van der Waals surface area contributed by atoms with E-state index in [0.717, 1.165) is 5.75 Å². The van der Waals surface area contributed by atoms with Gasteiger partial charge in [-0.2, -0.15) is 0 Å². The van der Waals surface area contributed by atoms with Gasteiger partial charge >= 0.3 is 0 Å². The molecular weight excluding hydrogens is 192 g/mol. The van der Waals surface area contributed by atoms with E-state index in [1.165, 1.54) is 0 Å². The molecule has 0 fully saturated rings. The zero-order chi connectivity index (χ0) is 11.1. The zero-order valence-electron chi connectivity index (χ0n) is 9.16. The first-order valence-electron chi connectivity index (χ1n) is 5.13. The first kappa shape index (κ1) is 11.6. The number of ether oxygens (including phenoxy) is 2. The molecule has 1 aromatic carbocycles. The molecule has 1 aromatic rings. The number of carbonyl (C=O) groups is 1. The third-order valence-electron chi connectivity index (χ3n) is 1.93. The monoisotopic (exact) mass is 208 g/mol. The third-order valence-corrected chi connectivity index (χ3v) is 1.93. The average molecular weight is 208 g/mol. The molecule has 82 valence electrons. The molecule has 0 heterocycles. The van der Waals surface area contributed by atoms with Crippen molar-refractivity contribution >= 4 is 5.78 Å². The van der Waals surface area contributed by atoms with E-state index in [-0.39, 0.29) is 12.4 Å². The van der Waals surface area contributed by atoms with Gasteiger partial charge in [0.2, 0.25) is 0 Å². The van der Waals surface area contributed by atoms with Crippen LogP contribution >= 0.6 is 0 Å². The second-order valence-electron chi connectivity index (χ2n) is 3.09. The molecule has 0 N–H and O–H groups in total. The molecule has 0 unspecified atom stereocenters. The first-order chi connectivity index (χ1) is 7.26. The van der Waals surface area contributed by atoms with E-state index in [9.17, 15) is 4.79 Å². The Labute approximate surface area is 90.0 Å². The molecule has 0 atom stereocenters. The molecular formula is C12H16O3. The summed E-state index contributed by atoms with van der Waals surface area (Å²) in [5, 5.41) is 0. The van der Waals surface area contributed by atoms with Crippen LogP contribution in [0.15, 0.2) is 24.3 Å². The normalized spacial score (nSPS) is 9.73.